The molecule has 1 N–H and O–H groups in total. The van der Waals surface area contributed by atoms with Crippen LogP contribution in [-0.2, 0) is 4.79 Å². The van der Waals surface area contributed by atoms with E-state index in [0.29, 0.717) is 27.0 Å². The van der Waals surface area contributed by atoms with Crippen molar-refractivity contribution in [3.8, 4) is 11.8 Å². The van der Waals surface area contributed by atoms with Crippen LogP contribution in [0.15, 0.2) is 42.0 Å². The fourth-order valence-electron chi connectivity index (χ4n) is 2.20. The van der Waals surface area contributed by atoms with Gasteiger partial charge in [0, 0.05) is 10.7 Å². The number of halogens is 2. The Morgan fingerprint density at radius 3 is 2.58 bits per heavy atom. The van der Waals surface area contributed by atoms with E-state index in [0.717, 1.165) is 5.56 Å². The third kappa shape index (κ3) is 5.01. The Labute approximate surface area is 163 Å². The Kier molecular flexibility index (Phi) is 6.68. The average molecular weight is 389 g/mol. The number of carbonyl (C=O) groups is 1. The highest BCUT2D eigenvalue weighted by Gasteiger charge is 2.12. The van der Waals surface area contributed by atoms with Gasteiger partial charge in [0.1, 0.15) is 17.4 Å². The van der Waals surface area contributed by atoms with E-state index in [1.54, 1.807) is 43.3 Å². The lowest BCUT2D eigenvalue weighted by Gasteiger charge is -2.11. The van der Waals surface area contributed by atoms with Gasteiger partial charge in [0.15, 0.2) is 0 Å². The number of nitriles is 1. The molecule has 0 saturated carbocycles. The van der Waals surface area contributed by atoms with Gasteiger partial charge < -0.3 is 10.1 Å². The number of hydrogen-bond acceptors (Lipinski definition) is 3. The molecule has 0 heterocycles. The smallest absolute Gasteiger partial charge is 0.266 e. The van der Waals surface area contributed by atoms with Crippen molar-refractivity contribution in [1.82, 2.24) is 0 Å². The number of hydrogen-bond donors (Lipinski definition) is 1. The average Bonchev–Trinajstić information content (AvgIpc) is 2.58. The molecule has 4 nitrogen and oxygen atoms in total. The maximum Gasteiger partial charge on any atom is 0.266 e. The van der Waals surface area contributed by atoms with Gasteiger partial charge >= 0.3 is 0 Å². The first kappa shape index (κ1) is 19.8. The summed E-state index contributed by atoms with van der Waals surface area (Å²) in [7, 11) is 0. The number of rotatable bonds is 5. The monoisotopic (exact) mass is 388 g/mol. The highest BCUT2D eigenvalue weighted by molar-refractivity contribution is 6.32. The van der Waals surface area contributed by atoms with Gasteiger partial charge in [0.2, 0.25) is 0 Å². The standard InChI is InChI=1S/C20H18Cl2N2O2/c1-12(2)26-19-8-7-14(10-17(19)22)9-15(11-23)20(25)24-18-6-4-5-16(21)13(18)3/h4-10,12H,1-3H3,(H,24,25)/b15-9+. The second-order valence-electron chi connectivity index (χ2n) is 5.89. The number of amides is 1. The summed E-state index contributed by atoms with van der Waals surface area (Å²) in [6.07, 6.45) is 1.47. The predicted molar refractivity (Wildman–Crippen MR) is 106 cm³/mol. The van der Waals surface area contributed by atoms with Crippen LogP contribution in [0.3, 0.4) is 0 Å². The first-order valence-electron chi connectivity index (χ1n) is 7.96. The number of nitrogens with one attached hydrogen (secondary N) is 1. The molecule has 2 aromatic carbocycles. The molecule has 0 aliphatic heterocycles. The zero-order valence-corrected chi connectivity index (χ0v) is 16.2. The highest BCUT2D eigenvalue weighted by Crippen LogP contribution is 2.28. The van der Waals surface area contributed by atoms with Crippen LogP contribution in [-0.4, -0.2) is 12.0 Å². The molecular weight excluding hydrogens is 371 g/mol. The van der Waals surface area contributed by atoms with Crippen LogP contribution < -0.4 is 10.1 Å². The molecule has 6 heteroatoms. The maximum atomic E-state index is 12.4. The molecule has 0 unspecified atom stereocenters. The topological polar surface area (TPSA) is 62.1 Å². The van der Waals surface area contributed by atoms with Gasteiger partial charge in [-0.2, -0.15) is 5.26 Å². The van der Waals surface area contributed by atoms with Crippen LogP contribution in [0.1, 0.15) is 25.0 Å². The molecule has 0 aliphatic carbocycles. The highest BCUT2D eigenvalue weighted by atomic mass is 35.5. The first-order chi connectivity index (χ1) is 12.3. The van der Waals surface area contributed by atoms with Gasteiger partial charge in [0.05, 0.1) is 11.1 Å². The Hall–Kier alpha value is -2.48. The van der Waals surface area contributed by atoms with Crippen molar-refractivity contribution >= 4 is 40.9 Å². The van der Waals surface area contributed by atoms with E-state index in [9.17, 15) is 10.1 Å². The number of ether oxygens (including phenoxy) is 1. The normalized spacial score (nSPS) is 11.2. The van der Waals surface area contributed by atoms with Crippen LogP contribution in [0.4, 0.5) is 5.69 Å². The molecule has 2 rings (SSSR count). The quantitative estimate of drug-likeness (QED) is 0.532. The molecule has 0 bridgehead atoms. The number of anilines is 1. The van der Waals surface area contributed by atoms with Crippen molar-refractivity contribution in [3.05, 3.63) is 63.1 Å². The lowest BCUT2D eigenvalue weighted by Crippen LogP contribution is -2.14. The summed E-state index contributed by atoms with van der Waals surface area (Å²) in [6, 6.07) is 12.2. The van der Waals surface area contributed by atoms with Crippen molar-refractivity contribution in [2.45, 2.75) is 26.9 Å². The van der Waals surface area contributed by atoms with Crippen LogP contribution in [0.5, 0.6) is 5.75 Å². The van der Waals surface area contributed by atoms with Crippen LogP contribution >= 0.6 is 23.2 Å². The lowest BCUT2D eigenvalue weighted by molar-refractivity contribution is -0.112. The number of carbonyl (C=O) groups excluding carboxylic acids is 1. The van der Waals surface area contributed by atoms with Crippen molar-refractivity contribution in [2.75, 3.05) is 5.32 Å². The molecule has 2 aromatic rings. The minimum absolute atomic E-state index is 0.00437. The van der Waals surface area contributed by atoms with Crippen molar-refractivity contribution < 1.29 is 9.53 Å². The van der Waals surface area contributed by atoms with Crippen molar-refractivity contribution in [1.29, 1.82) is 5.26 Å². The summed E-state index contributed by atoms with van der Waals surface area (Å²) in [6.45, 7) is 5.60. The zero-order valence-electron chi connectivity index (χ0n) is 14.6. The van der Waals surface area contributed by atoms with E-state index in [4.69, 9.17) is 27.9 Å². The van der Waals surface area contributed by atoms with E-state index in [1.807, 2.05) is 19.9 Å². The van der Waals surface area contributed by atoms with Crippen LogP contribution in [0.2, 0.25) is 10.0 Å². The maximum absolute atomic E-state index is 12.4. The predicted octanol–water partition coefficient (Wildman–Crippen LogP) is 5.63. The number of nitrogens with zero attached hydrogens (tertiary/aromatic N) is 1. The van der Waals surface area contributed by atoms with Gasteiger partial charge in [-0.05, 0) is 62.2 Å². The SMILES string of the molecule is Cc1c(Cl)cccc1NC(=O)/C(C#N)=C/c1ccc(OC(C)C)c(Cl)c1. The van der Waals surface area contributed by atoms with Gasteiger partial charge in [0.25, 0.3) is 5.91 Å². The Bertz CT molecular complexity index is 899. The molecule has 0 atom stereocenters. The van der Waals surface area contributed by atoms with Crippen molar-refractivity contribution in [3.63, 3.8) is 0 Å². The molecule has 134 valence electrons. The van der Waals surface area contributed by atoms with Gasteiger partial charge in [-0.1, -0.05) is 35.3 Å². The molecule has 0 aromatic heterocycles. The summed E-state index contributed by atoms with van der Waals surface area (Å²) in [5, 5.41) is 13.0. The molecule has 1 amide bonds. The molecule has 0 spiro atoms. The first-order valence-corrected chi connectivity index (χ1v) is 8.72. The third-order valence-electron chi connectivity index (χ3n) is 3.51. The second-order valence-corrected chi connectivity index (χ2v) is 6.71. The minimum atomic E-state index is -0.517. The molecule has 0 radical (unpaired) electrons. The molecule has 0 aliphatic rings. The van der Waals surface area contributed by atoms with Crippen LogP contribution in [0, 0.1) is 18.3 Å². The Balaban J connectivity index is 2.24. The summed E-state index contributed by atoms with van der Waals surface area (Å²) in [5.41, 5.74) is 1.87. The Morgan fingerprint density at radius 1 is 1.23 bits per heavy atom. The van der Waals surface area contributed by atoms with Gasteiger partial charge in [-0.3, -0.25) is 4.79 Å². The van der Waals surface area contributed by atoms with Crippen molar-refractivity contribution in [2.24, 2.45) is 0 Å². The van der Waals surface area contributed by atoms with E-state index in [1.165, 1.54) is 6.08 Å². The summed E-state index contributed by atoms with van der Waals surface area (Å²) >= 11 is 12.2. The third-order valence-corrected chi connectivity index (χ3v) is 4.22. The fraction of sp³-hybridized carbons (Fsp3) is 0.200. The molecule has 0 fully saturated rings. The summed E-state index contributed by atoms with van der Waals surface area (Å²) in [5.74, 6) is 0.0350. The molecule has 0 saturated heterocycles. The summed E-state index contributed by atoms with van der Waals surface area (Å²) < 4.78 is 5.57. The number of benzene rings is 2. The summed E-state index contributed by atoms with van der Waals surface area (Å²) in [4.78, 5) is 12.4. The van der Waals surface area contributed by atoms with E-state index < -0.39 is 5.91 Å². The fourth-order valence-corrected chi connectivity index (χ4v) is 2.61. The Morgan fingerprint density at radius 2 is 1.96 bits per heavy atom. The van der Waals surface area contributed by atoms with Gasteiger partial charge in [-0.15, -0.1) is 0 Å². The van der Waals surface area contributed by atoms with Crippen LogP contribution in [0.25, 0.3) is 6.08 Å². The largest absolute Gasteiger partial charge is 0.489 e. The van der Waals surface area contributed by atoms with Gasteiger partial charge in [-0.25, -0.2) is 0 Å². The lowest BCUT2D eigenvalue weighted by atomic mass is 10.1. The van der Waals surface area contributed by atoms with E-state index in [-0.39, 0.29) is 11.7 Å². The molecular formula is C20H18Cl2N2O2. The van der Waals surface area contributed by atoms with E-state index in [2.05, 4.69) is 5.32 Å². The minimum Gasteiger partial charge on any atom is -0.489 e. The molecule has 26 heavy (non-hydrogen) atoms. The second kappa shape index (κ2) is 8.75. The van der Waals surface area contributed by atoms with E-state index >= 15 is 0 Å². The zero-order chi connectivity index (χ0) is 19.3.